The zero-order valence-corrected chi connectivity index (χ0v) is 18.8. The van der Waals surface area contributed by atoms with E-state index in [1.165, 1.54) is 0 Å². The fourth-order valence-corrected chi connectivity index (χ4v) is 5.92. The predicted octanol–water partition coefficient (Wildman–Crippen LogP) is 4.69. The molecule has 12 heteroatoms. The highest BCUT2D eigenvalue weighted by Crippen LogP contribution is 2.68. The molecule has 4 fully saturated rings. The van der Waals surface area contributed by atoms with E-state index in [4.69, 9.17) is 18.9 Å². The van der Waals surface area contributed by atoms with Gasteiger partial charge in [0.15, 0.2) is 10.8 Å². The second-order valence-electron chi connectivity index (χ2n) is 10.0. The molecule has 0 N–H and O–H groups in total. The Morgan fingerprint density at radius 2 is 1.91 bits per heavy atom. The predicted molar refractivity (Wildman–Crippen MR) is 102 cm³/mol. The van der Waals surface area contributed by atoms with Crippen LogP contribution in [0.15, 0.2) is 0 Å². The Kier molecular flexibility index (Phi) is 6.41. The van der Waals surface area contributed by atoms with Crippen molar-refractivity contribution in [2.45, 2.75) is 95.7 Å². The minimum absolute atomic E-state index is 0.0502. The maximum Gasteiger partial charge on any atom is 0.405 e. The summed E-state index contributed by atoms with van der Waals surface area (Å²) in [6.45, 7) is 2.57. The molecule has 2 aliphatic heterocycles. The monoisotopic (exact) mass is 502 g/mol. The van der Waals surface area contributed by atoms with Crippen LogP contribution in [0.25, 0.3) is 0 Å². The number of hydrogen-bond donors (Lipinski definition) is 0. The largest absolute Gasteiger partial charge is 0.459 e. The van der Waals surface area contributed by atoms with Gasteiger partial charge in [-0.1, -0.05) is 6.92 Å². The number of carbonyl (C=O) groups excluding carboxylic acids is 2. The summed E-state index contributed by atoms with van der Waals surface area (Å²) in [5.41, 5.74) is -5.47. The molecule has 0 aromatic carbocycles. The lowest BCUT2D eigenvalue weighted by Gasteiger charge is -2.38. The molecule has 2 saturated carbocycles. The molecule has 4 rings (SSSR count). The van der Waals surface area contributed by atoms with Gasteiger partial charge in [0.1, 0.15) is 6.10 Å². The van der Waals surface area contributed by atoms with Crippen LogP contribution in [0.4, 0.5) is 26.3 Å². The highest BCUT2D eigenvalue weighted by molar-refractivity contribution is 5.82. The Morgan fingerprint density at radius 3 is 2.47 bits per heavy atom. The molecular weight excluding hydrogens is 474 g/mol. The highest BCUT2D eigenvalue weighted by Gasteiger charge is 2.80. The van der Waals surface area contributed by atoms with Gasteiger partial charge in [-0.05, 0) is 51.4 Å². The second-order valence-corrected chi connectivity index (χ2v) is 10.0. The molecule has 0 aromatic rings. The van der Waals surface area contributed by atoms with Crippen molar-refractivity contribution in [1.29, 1.82) is 0 Å². The normalized spacial score (nSPS) is 37.9. The minimum Gasteiger partial charge on any atom is -0.459 e. The molecule has 0 aromatic heterocycles. The molecule has 0 spiro atoms. The SMILES string of the molecule is CCC(CC(C)(C(=O)OC1CCCCO1)C(F)(F)F)OC1C2CC3C1OC(=O)C3(C(F)(F)F)C2. The van der Waals surface area contributed by atoms with Crippen molar-refractivity contribution in [3.8, 4) is 0 Å². The van der Waals surface area contributed by atoms with E-state index < -0.39 is 84.4 Å². The fraction of sp³-hybridized carbons (Fsp3) is 0.909. The first-order valence-corrected chi connectivity index (χ1v) is 11.6. The first kappa shape index (κ1) is 25.5. The summed E-state index contributed by atoms with van der Waals surface area (Å²) in [5.74, 6) is -4.61. The van der Waals surface area contributed by atoms with Crippen molar-refractivity contribution in [2.75, 3.05) is 6.61 Å². The van der Waals surface area contributed by atoms with Crippen LogP contribution in [0.2, 0.25) is 0 Å². The molecule has 8 unspecified atom stereocenters. The zero-order chi connectivity index (χ0) is 25.1. The third-order valence-corrected chi connectivity index (χ3v) is 7.97. The number of alkyl halides is 6. The maximum atomic E-state index is 14.1. The van der Waals surface area contributed by atoms with Gasteiger partial charge in [-0.3, -0.25) is 9.59 Å². The number of halogens is 6. The lowest BCUT2D eigenvalue weighted by molar-refractivity contribution is -0.255. The van der Waals surface area contributed by atoms with Gasteiger partial charge in [0.25, 0.3) is 0 Å². The molecule has 2 saturated heterocycles. The molecule has 6 nitrogen and oxygen atoms in total. The molecule has 0 radical (unpaired) electrons. The fourth-order valence-electron chi connectivity index (χ4n) is 5.92. The van der Waals surface area contributed by atoms with Crippen LogP contribution in [0.5, 0.6) is 0 Å². The van der Waals surface area contributed by atoms with Crippen molar-refractivity contribution in [2.24, 2.45) is 22.7 Å². The standard InChI is InChI=1S/C22H28F6O6/c1-3-12(10-19(2,21(23,24)25)17(29)33-14-6-4-5-7-31-14)32-15-11-8-13-16(15)34-18(30)20(13,9-11)22(26,27)28/h11-16H,3-10H2,1-2H3. The van der Waals surface area contributed by atoms with Crippen LogP contribution >= 0.6 is 0 Å². The molecule has 4 aliphatic rings. The number of esters is 2. The van der Waals surface area contributed by atoms with E-state index in [1.807, 2.05) is 0 Å². The Balaban J connectivity index is 1.48. The van der Waals surface area contributed by atoms with Crippen molar-refractivity contribution in [3.05, 3.63) is 0 Å². The van der Waals surface area contributed by atoms with Crippen LogP contribution in [0.1, 0.15) is 58.8 Å². The maximum absolute atomic E-state index is 14.1. The van der Waals surface area contributed by atoms with E-state index in [-0.39, 0.29) is 19.4 Å². The van der Waals surface area contributed by atoms with E-state index in [0.717, 1.165) is 13.3 Å². The average molecular weight is 502 g/mol. The molecule has 2 aliphatic carbocycles. The summed E-state index contributed by atoms with van der Waals surface area (Å²) >= 11 is 0. The Morgan fingerprint density at radius 1 is 1.21 bits per heavy atom. The Hall–Kier alpha value is -1.56. The summed E-state index contributed by atoms with van der Waals surface area (Å²) in [4.78, 5) is 24.8. The highest BCUT2D eigenvalue weighted by atomic mass is 19.4. The molecule has 2 heterocycles. The van der Waals surface area contributed by atoms with E-state index >= 15 is 0 Å². The topological polar surface area (TPSA) is 71.1 Å². The van der Waals surface area contributed by atoms with Crippen molar-refractivity contribution < 1.29 is 54.9 Å². The van der Waals surface area contributed by atoms with Gasteiger partial charge >= 0.3 is 24.3 Å². The number of carbonyl (C=O) groups is 2. The Bertz CT molecular complexity index is 809. The summed E-state index contributed by atoms with van der Waals surface area (Å²) in [6, 6.07) is 0. The Labute approximate surface area is 192 Å². The van der Waals surface area contributed by atoms with Crippen molar-refractivity contribution >= 4 is 11.9 Å². The number of hydrogen-bond acceptors (Lipinski definition) is 6. The van der Waals surface area contributed by atoms with E-state index in [9.17, 15) is 35.9 Å². The second kappa shape index (κ2) is 8.53. The van der Waals surface area contributed by atoms with Crippen molar-refractivity contribution in [1.82, 2.24) is 0 Å². The first-order chi connectivity index (χ1) is 15.7. The smallest absolute Gasteiger partial charge is 0.405 e. The molecule has 34 heavy (non-hydrogen) atoms. The van der Waals surface area contributed by atoms with Crippen LogP contribution < -0.4 is 0 Å². The van der Waals surface area contributed by atoms with Crippen LogP contribution in [-0.2, 0) is 28.5 Å². The molecule has 2 bridgehead atoms. The van der Waals surface area contributed by atoms with E-state index in [1.54, 1.807) is 6.92 Å². The number of ether oxygens (including phenoxy) is 4. The van der Waals surface area contributed by atoms with Crippen LogP contribution in [0.3, 0.4) is 0 Å². The van der Waals surface area contributed by atoms with Gasteiger partial charge in [-0.25, -0.2) is 0 Å². The van der Waals surface area contributed by atoms with Crippen molar-refractivity contribution in [3.63, 3.8) is 0 Å². The van der Waals surface area contributed by atoms with Gasteiger partial charge in [0, 0.05) is 12.3 Å². The zero-order valence-electron chi connectivity index (χ0n) is 18.8. The summed E-state index contributed by atoms with van der Waals surface area (Å²) in [5, 5.41) is 0. The van der Waals surface area contributed by atoms with Gasteiger partial charge in [0.05, 0.1) is 18.8 Å². The average Bonchev–Trinajstić information content (AvgIpc) is 3.35. The van der Waals surface area contributed by atoms with Gasteiger partial charge < -0.3 is 18.9 Å². The lowest BCUT2D eigenvalue weighted by Crippen LogP contribution is -2.50. The minimum atomic E-state index is -4.96. The quantitative estimate of drug-likeness (QED) is 0.372. The van der Waals surface area contributed by atoms with Crippen LogP contribution in [-0.4, -0.2) is 55.5 Å². The van der Waals surface area contributed by atoms with E-state index in [0.29, 0.717) is 12.8 Å². The van der Waals surface area contributed by atoms with Gasteiger partial charge in [-0.2, -0.15) is 26.3 Å². The first-order valence-electron chi connectivity index (χ1n) is 11.6. The summed E-state index contributed by atoms with van der Waals surface area (Å²) in [6.07, 6.45) is -13.5. The summed E-state index contributed by atoms with van der Waals surface area (Å²) in [7, 11) is 0. The van der Waals surface area contributed by atoms with Gasteiger partial charge in [0.2, 0.25) is 6.29 Å². The van der Waals surface area contributed by atoms with Gasteiger partial charge in [-0.15, -0.1) is 0 Å². The molecule has 8 atom stereocenters. The number of fused-ring (bicyclic) bond motifs is 1. The lowest BCUT2D eigenvalue weighted by atomic mass is 9.72. The molecule has 194 valence electrons. The summed E-state index contributed by atoms with van der Waals surface area (Å²) < 4.78 is 105. The third-order valence-electron chi connectivity index (χ3n) is 7.97. The third kappa shape index (κ3) is 3.88. The van der Waals surface area contributed by atoms with Crippen LogP contribution in [0, 0.1) is 22.7 Å². The molecular formula is C22H28F6O6. The van der Waals surface area contributed by atoms with E-state index in [2.05, 4.69) is 0 Å². The molecule has 0 amide bonds. The number of rotatable bonds is 7.